The van der Waals surface area contributed by atoms with Gasteiger partial charge in [0.15, 0.2) is 0 Å². The van der Waals surface area contributed by atoms with Crippen LogP contribution in [0.15, 0.2) is 0 Å². The molecule has 13 heavy (non-hydrogen) atoms. The van der Waals surface area contributed by atoms with Crippen LogP contribution < -0.4 is 0 Å². The van der Waals surface area contributed by atoms with Crippen LogP contribution in [-0.4, -0.2) is 27.9 Å². The van der Waals surface area contributed by atoms with Crippen molar-refractivity contribution in [2.24, 2.45) is 5.92 Å². The van der Waals surface area contributed by atoms with Gasteiger partial charge in [0.05, 0.1) is 21.3 Å². The van der Waals surface area contributed by atoms with Crippen LogP contribution in [0.1, 0.15) is 39.0 Å². The van der Waals surface area contributed by atoms with E-state index in [1.165, 1.54) is 19.3 Å². The first-order valence-electron chi connectivity index (χ1n) is 5.24. The number of hydrogen-bond donors (Lipinski definition) is 0. The summed E-state index contributed by atoms with van der Waals surface area (Å²) in [5, 5.41) is -0.521. The topological polar surface area (TPSA) is 9.23 Å². The first kappa shape index (κ1) is 9.64. The Kier molecular flexibility index (Phi) is 2.26. The number of rotatable bonds is 1. The molecule has 2 aliphatic rings. The van der Waals surface area contributed by atoms with Crippen molar-refractivity contribution in [2.45, 2.75) is 49.8 Å². The Morgan fingerprint density at radius 3 is 2.54 bits per heavy atom. The molecule has 1 nitrogen and oxygen atoms in total. The highest BCUT2D eigenvalue weighted by molar-refractivity contribution is 6.39. The summed E-state index contributed by atoms with van der Waals surface area (Å²) in [5.41, 5.74) is 0.170. The van der Waals surface area contributed by atoms with Crippen molar-refractivity contribution in [1.82, 2.24) is 0 Å². The molecule has 0 aromatic carbocycles. The Hall–Kier alpha value is 0.0899. The summed E-state index contributed by atoms with van der Waals surface area (Å²) in [7, 11) is 11.9. The van der Waals surface area contributed by atoms with Gasteiger partial charge in [-0.2, -0.15) is 0 Å². The van der Waals surface area contributed by atoms with Crippen LogP contribution in [0.5, 0.6) is 0 Å². The van der Waals surface area contributed by atoms with E-state index < -0.39 is 5.21 Å². The Morgan fingerprint density at radius 1 is 1.38 bits per heavy atom. The van der Waals surface area contributed by atoms with E-state index in [1.54, 1.807) is 0 Å². The molecule has 1 saturated heterocycles. The maximum atomic E-state index is 5.93. The third kappa shape index (κ3) is 1.81. The molecule has 0 N–H and O–H groups in total. The lowest BCUT2D eigenvalue weighted by Gasteiger charge is -2.50. The van der Waals surface area contributed by atoms with Crippen LogP contribution in [0.3, 0.4) is 0 Å². The van der Waals surface area contributed by atoms with Gasteiger partial charge < -0.3 is 4.74 Å². The van der Waals surface area contributed by atoms with E-state index in [4.69, 9.17) is 20.4 Å². The zero-order valence-corrected chi connectivity index (χ0v) is 8.38. The molecule has 1 heterocycles. The maximum Gasteiger partial charge on any atom is 0.0684 e. The molecule has 0 bridgehead atoms. The van der Waals surface area contributed by atoms with E-state index in [0.717, 1.165) is 19.4 Å². The molecular formula is C10H16B2O. The molecular weight excluding hydrogens is 158 g/mol. The molecule has 3 heteroatoms. The molecule has 1 spiro atoms. The zero-order valence-electron chi connectivity index (χ0n) is 8.38. The highest BCUT2D eigenvalue weighted by Crippen LogP contribution is 2.48. The van der Waals surface area contributed by atoms with E-state index >= 15 is 0 Å². The standard InChI is InChI=1S/C10H16B2O/c1-9(11,12)8-3-6-13-10(7-8)4-2-5-10/h8H,2-7H2,1H3. The van der Waals surface area contributed by atoms with Crippen molar-refractivity contribution >= 4 is 15.7 Å². The molecule has 1 aliphatic heterocycles. The monoisotopic (exact) mass is 174 g/mol. The molecule has 1 unspecified atom stereocenters. The van der Waals surface area contributed by atoms with Gasteiger partial charge in [-0.1, -0.05) is 12.1 Å². The van der Waals surface area contributed by atoms with E-state index in [1.807, 2.05) is 6.92 Å². The van der Waals surface area contributed by atoms with Crippen molar-refractivity contribution in [2.75, 3.05) is 6.61 Å². The Bertz CT molecular complexity index is 194. The van der Waals surface area contributed by atoms with Crippen molar-refractivity contribution in [3.63, 3.8) is 0 Å². The Labute approximate surface area is 83.4 Å². The third-order valence-electron chi connectivity index (χ3n) is 3.64. The second-order valence-corrected chi connectivity index (χ2v) is 4.94. The predicted octanol–water partition coefficient (Wildman–Crippen LogP) is 1.81. The smallest absolute Gasteiger partial charge is 0.0684 e. The minimum Gasteiger partial charge on any atom is -0.375 e. The van der Waals surface area contributed by atoms with Crippen LogP contribution in [0.25, 0.3) is 0 Å². The van der Waals surface area contributed by atoms with E-state index in [-0.39, 0.29) is 5.60 Å². The quantitative estimate of drug-likeness (QED) is 0.550. The van der Waals surface area contributed by atoms with Gasteiger partial charge in [-0.05, 0) is 38.0 Å². The fourth-order valence-electron chi connectivity index (χ4n) is 2.48. The molecule has 2 rings (SSSR count). The molecule has 1 aliphatic carbocycles. The molecule has 1 atom stereocenters. The average Bonchev–Trinajstić information content (AvgIpc) is 2.00. The molecule has 4 radical (unpaired) electrons. The lowest BCUT2D eigenvalue weighted by Crippen LogP contribution is -2.47. The van der Waals surface area contributed by atoms with Gasteiger partial charge in [0, 0.05) is 6.61 Å². The molecule has 1 saturated carbocycles. The molecule has 0 aromatic rings. The Morgan fingerprint density at radius 2 is 2.08 bits per heavy atom. The summed E-state index contributed by atoms with van der Waals surface area (Å²) in [6.07, 6.45) is 5.81. The van der Waals surface area contributed by atoms with Crippen LogP contribution >= 0.6 is 0 Å². The lowest BCUT2D eigenvalue weighted by molar-refractivity contribution is -0.144. The van der Waals surface area contributed by atoms with Crippen molar-refractivity contribution in [1.29, 1.82) is 0 Å². The molecule has 0 aromatic heterocycles. The van der Waals surface area contributed by atoms with Gasteiger partial charge in [0.25, 0.3) is 0 Å². The fourth-order valence-corrected chi connectivity index (χ4v) is 2.48. The summed E-state index contributed by atoms with van der Waals surface area (Å²) >= 11 is 0. The lowest BCUT2D eigenvalue weighted by atomic mass is 9.46. The van der Waals surface area contributed by atoms with Crippen LogP contribution in [0.2, 0.25) is 5.21 Å². The zero-order chi connectivity index (χ0) is 9.53. The summed E-state index contributed by atoms with van der Waals surface area (Å²) in [6.45, 7) is 2.77. The minimum absolute atomic E-state index is 0.170. The normalized spacial score (nSPS) is 32.8. The summed E-state index contributed by atoms with van der Waals surface area (Å²) in [4.78, 5) is 0. The van der Waals surface area contributed by atoms with Crippen LogP contribution in [-0.2, 0) is 4.74 Å². The average molecular weight is 174 g/mol. The predicted molar refractivity (Wildman–Crippen MR) is 55.1 cm³/mol. The van der Waals surface area contributed by atoms with Gasteiger partial charge >= 0.3 is 0 Å². The first-order chi connectivity index (χ1) is 6.02. The maximum absolute atomic E-state index is 5.93. The van der Waals surface area contributed by atoms with Crippen molar-refractivity contribution in [3.8, 4) is 0 Å². The highest BCUT2D eigenvalue weighted by atomic mass is 16.5. The summed E-state index contributed by atoms with van der Waals surface area (Å²) in [6, 6.07) is 0. The fraction of sp³-hybridized carbons (Fsp3) is 1.00. The van der Waals surface area contributed by atoms with Crippen LogP contribution in [0.4, 0.5) is 0 Å². The third-order valence-corrected chi connectivity index (χ3v) is 3.64. The second-order valence-electron chi connectivity index (χ2n) is 4.94. The first-order valence-corrected chi connectivity index (χ1v) is 5.24. The summed E-state index contributed by atoms with van der Waals surface area (Å²) in [5.74, 6) is 0.432. The highest BCUT2D eigenvalue weighted by Gasteiger charge is 2.44. The van der Waals surface area contributed by atoms with Gasteiger partial charge in [0.1, 0.15) is 0 Å². The number of hydrogen-bond acceptors (Lipinski definition) is 1. The second kappa shape index (κ2) is 3.05. The van der Waals surface area contributed by atoms with Gasteiger partial charge in [0.2, 0.25) is 0 Å². The molecule has 68 valence electrons. The largest absolute Gasteiger partial charge is 0.375 e. The Balaban J connectivity index is 2.00. The van der Waals surface area contributed by atoms with E-state index in [9.17, 15) is 0 Å². The van der Waals surface area contributed by atoms with Crippen molar-refractivity contribution in [3.05, 3.63) is 0 Å². The van der Waals surface area contributed by atoms with Gasteiger partial charge in [-0.15, -0.1) is 0 Å². The molecule has 2 fully saturated rings. The van der Waals surface area contributed by atoms with Crippen LogP contribution in [0, 0.1) is 5.92 Å². The van der Waals surface area contributed by atoms with E-state index in [0.29, 0.717) is 5.92 Å². The van der Waals surface area contributed by atoms with Crippen molar-refractivity contribution < 1.29 is 4.74 Å². The van der Waals surface area contributed by atoms with Gasteiger partial charge in [-0.3, -0.25) is 0 Å². The minimum atomic E-state index is -0.521. The SMILES string of the molecule is [B]C([B])(C)C1CCOC2(CCC2)C1. The van der Waals surface area contributed by atoms with E-state index in [2.05, 4.69) is 0 Å². The number of ether oxygens (including phenoxy) is 1. The van der Waals surface area contributed by atoms with Gasteiger partial charge in [-0.25, -0.2) is 0 Å². The molecule has 0 amide bonds. The summed E-state index contributed by atoms with van der Waals surface area (Å²) < 4.78 is 5.82.